The summed E-state index contributed by atoms with van der Waals surface area (Å²) in [6.45, 7) is 8.94. The number of methoxy groups -OCH3 is 1. The van der Waals surface area contributed by atoms with E-state index in [9.17, 15) is 9.18 Å². The van der Waals surface area contributed by atoms with Crippen LogP contribution in [0.2, 0.25) is 0 Å². The normalized spacial score (nSPS) is 19.4. The van der Waals surface area contributed by atoms with Crippen molar-refractivity contribution in [2.24, 2.45) is 10.9 Å². The van der Waals surface area contributed by atoms with Crippen molar-refractivity contribution in [1.29, 1.82) is 0 Å². The summed E-state index contributed by atoms with van der Waals surface area (Å²) in [5, 5.41) is 3.35. The van der Waals surface area contributed by atoms with Gasteiger partial charge in [-0.1, -0.05) is 0 Å². The number of rotatable bonds is 7. The lowest BCUT2D eigenvalue weighted by molar-refractivity contribution is -0.131. The molecule has 1 aromatic rings. The van der Waals surface area contributed by atoms with Crippen molar-refractivity contribution in [3.63, 3.8) is 0 Å². The van der Waals surface area contributed by atoms with Gasteiger partial charge in [0.25, 0.3) is 0 Å². The Labute approximate surface area is 202 Å². The number of hydrogen-bond donors (Lipinski definition) is 1. The third-order valence-electron chi connectivity index (χ3n) is 5.73. The van der Waals surface area contributed by atoms with Gasteiger partial charge < -0.3 is 24.8 Å². The quantitative estimate of drug-likeness (QED) is 0.323. The Bertz CT molecular complexity index is 710. The SMILES string of the molecule is CCNC(=NCCC(=O)N1CCN(c2ccc(F)cc2)CC1)N1CCC(COC)C1.I. The van der Waals surface area contributed by atoms with Gasteiger partial charge in [-0.25, -0.2) is 4.39 Å². The van der Waals surface area contributed by atoms with Gasteiger partial charge in [0.05, 0.1) is 13.2 Å². The molecule has 0 aromatic heterocycles. The number of benzene rings is 1. The molecule has 0 bridgehead atoms. The zero-order valence-corrected chi connectivity index (χ0v) is 20.9. The second kappa shape index (κ2) is 13.0. The number of nitrogens with one attached hydrogen (secondary N) is 1. The Balaban J connectivity index is 0.00000341. The molecule has 1 amide bonds. The molecule has 2 saturated heterocycles. The lowest BCUT2D eigenvalue weighted by Gasteiger charge is -2.36. The fourth-order valence-electron chi connectivity index (χ4n) is 4.10. The van der Waals surface area contributed by atoms with Crippen molar-refractivity contribution in [2.45, 2.75) is 19.8 Å². The van der Waals surface area contributed by atoms with Crippen LogP contribution in [0.15, 0.2) is 29.3 Å². The van der Waals surface area contributed by atoms with E-state index in [0.29, 0.717) is 32.0 Å². The summed E-state index contributed by atoms with van der Waals surface area (Å²) in [5.74, 6) is 1.35. The van der Waals surface area contributed by atoms with Crippen LogP contribution in [-0.4, -0.2) is 87.7 Å². The summed E-state index contributed by atoms with van der Waals surface area (Å²) in [6.07, 6.45) is 1.52. The summed E-state index contributed by atoms with van der Waals surface area (Å²) < 4.78 is 18.4. The maximum absolute atomic E-state index is 13.1. The number of ether oxygens (including phenoxy) is 1. The Morgan fingerprint density at radius 1 is 1.16 bits per heavy atom. The van der Waals surface area contributed by atoms with Crippen molar-refractivity contribution in [1.82, 2.24) is 15.1 Å². The van der Waals surface area contributed by atoms with Crippen LogP contribution in [-0.2, 0) is 9.53 Å². The number of aliphatic imine (C=N–C) groups is 1. The molecular weight excluding hydrogens is 512 g/mol. The molecule has 174 valence electrons. The molecule has 0 aliphatic carbocycles. The van der Waals surface area contributed by atoms with Crippen LogP contribution in [0.1, 0.15) is 19.8 Å². The van der Waals surface area contributed by atoms with Crippen molar-refractivity contribution in [3.8, 4) is 0 Å². The van der Waals surface area contributed by atoms with E-state index in [1.54, 1.807) is 19.2 Å². The number of likely N-dealkylation sites (tertiary alicyclic amines) is 1. The number of guanidine groups is 1. The zero-order valence-electron chi connectivity index (χ0n) is 18.6. The lowest BCUT2D eigenvalue weighted by Crippen LogP contribution is -2.49. The van der Waals surface area contributed by atoms with Crippen LogP contribution in [0.5, 0.6) is 0 Å². The smallest absolute Gasteiger partial charge is 0.224 e. The zero-order chi connectivity index (χ0) is 21.3. The first-order valence-electron chi connectivity index (χ1n) is 10.9. The first-order chi connectivity index (χ1) is 14.6. The van der Waals surface area contributed by atoms with Gasteiger partial charge in [0.2, 0.25) is 5.91 Å². The molecule has 9 heteroatoms. The van der Waals surface area contributed by atoms with Gasteiger partial charge in [-0.3, -0.25) is 9.79 Å². The molecule has 0 saturated carbocycles. The number of hydrogen-bond acceptors (Lipinski definition) is 4. The van der Waals surface area contributed by atoms with Gasteiger partial charge >= 0.3 is 0 Å². The first-order valence-corrected chi connectivity index (χ1v) is 10.9. The lowest BCUT2D eigenvalue weighted by atomic mass is 10.1. The minimum atomic E-state index is -0.229. The molecule has 1 aromatic carbocycles. The van der Waals surface area contributed by atoms with Gasteiger partial charge in [-0.2, -0.15) is 0 Å². The molecule has 31 heavy (non-hydrogen) atoms. The van der Waals surface area contributed by atoms with Crippen LogP contribution in [0.3, 0.4) is 0 Å². The summed E-state index contributed by atoms with van der Waals surface area (Å²) in [6, 6.07) is 6.54. The molecule has 7 nitrogen and oxygen atoms in total. The average Bonchev–Trinajstić information content (AvgIpc) is 3.22. The molecule has 0 spiro atoms. The summed E-state index contributed by atoms with van der Waals surface area (Å²) in [4.78, 5) is 23.7. The fourth-order valence-corrected chi connectivity index (χ4v) is 4.10. The van der Waals surface area contributed by atoms with E-state index < -0.39 is 0 Å². The van der Waals surface area contributed by atoms with E-state index >= 15 is 0 Å². The molecule has 2 aliphatic rings. The third kappa shape index (κ3) is 7.48. The molecular formula is C22H35FIN5O2. The van der Waals surface area contributed by atoms with E-state index in [0.717, 1.165) is 57.4 Å². The van der Waals surface area contributed by atoms with Crippen LogP contribution < -0.4 is 10.2 Å². The molecule has 1 unspecified atom stereocenters. The molecule has 2 aliphatic heterocycles. The van der Waals surface area contributed by atoms with E-state index in [-0.39, 0.29) is 35.7 Å². The van der Waals surface area contributed by atoms with Gasteiger partial charge in [-0.15, -0.1) is 24.0 Å². The predicted molar refractivity (Wildman–Crippen MR) is 133 cm³/mol. The van der Waals surface area contributed by atoms with Crippen LogP contribution in [0.4, 0.5) is 10.1 Å². The van der Waals surface area contributed by atoms with Gasteiger partial charge in [-0.05, 0) is 37.6 Å². The number of anilines is 1. The summed E-state index contributed by atoms with van der Waals surface area (Å²) in [7, 11) is 1.74. The highest BCUT2D eigenvalue weighted by Gasteiger charge is 2.25. The van der Waals surface area contributed by atoms with E-state index in [2.05, 4.69) is 22.0 Å². The monoisotopic (exact) mass is 547 g/mol. The molecule has 1 atom stereocenters. The molecule has 2 heterocycles. The van der Waals surface area contributed by atoms with Gasteiger partial charge in [0, 0.05) is 70.9 Å². The Kier molecular flexibility index (Phi) is 10.8. The minimum absolute atomic E-state index is 0. The predicted octanol–water partition coefficient (Wildman–Crippen LogP) is 2.42. The number of amides is 1. The Morgan fingerprint density at radius 2 is 1.87 bits per heavy atom. The average molecular weight is 547 g/mol. The Morgan fingerprint density at radius 3 is 2.52 bits per heavy atom. The molecule has 1 N–H and O–H groups in total. The number of carbonyl (C=O) groups is 1. The topological polar surface area (TPSA) is 60.4 Å². The maximum atomic E-state index is 13.1. The minimum Gasteiger partial charge on any atom is -0.384 e. The Hall–Kier alpha value is -1.62. The van der Waals surface area contributed by atoms with Crippen LogP contribution >= 0.6 is 24.0 Å². The van der Waals surface area contributed by atoms with Crippen molar-refractivity contribution in [2.75, 3.05) is 71.0 Å². The highest BCUT2D eigenvalue weighted by atomic mass is 127. The van der Waals surface area contributed by atoms with Crippen LogP contribution in [0, 0.1) is 11.7 Å². The standard InChI is InChI=1S/C22H34FN5O2.HI/c1-3-24-22(28-11-9-18(16-28)17-30-2)25-10-8-21(29)27-14-12-26(13-15-27)20-6-4-19(23)5-7-20;/h4-7,18H,3,8-17H2,1-2H3,(H,24,25);1H. The number of piperazine rings is 1. The summed E-state index contributed by atoms with van der Waals surface area (Å²) >= 11 is 0. The maximum Gasteiger partial charge on any atom is 0.224 e. The van der Waals surface area contributed by atoms with Crippen LogP contribution in [0.25, 0.3) is 0 Å². The second-order valence-electron chi connectivity index (χ2n) is 7.89. The van der Waals surface area contributed by atoms with E-state index in [1.807, 2.05) is 4.90 Å². The number of carbonyl (C=O) groups excluding carboxylic acids is 1. The highest BCUT2D eigenvalue weighted by molar-refractivity contribution is 14.0. The first kappa shape index (κ1) is 25.6. The van der Waals surface area contributed by atoms with Crippen molar-refractivity contribution < 1.29 is 13.9 Å². The van der Waals surface area contributed by atoms with Gasteiger partial charge in [0.15, 0.2) is 5.96 Å². The summed E-state index contributed by atoms with van der Waals surface area (Å²) in [5.41, 5.74) is 1.00. The fraction of sp³-hybridized carbons (Fsp3) is 0.636. The third-order valence-corrected chi connectivity index (χ3v) is 5.73. The van der Waals surface area contributed by atoms with Crippen molar-refractivity contribution in [3.05, 3.63) is 30.1 Å². The number of halogens is 2. The van der Waals surface area contributed by atoms with Crippen molar-refractivity contribution >= 4 is 41.5 Å². The molecule has 3 rings (SSSR count). The van der Waals surface area contributed by atoms with E-state index in [1.165, 1.54) is 12.1 Å². The second-order valence-corrected chi connectivity index (χ2v) is 7.89. The van der Waals surface area contributed by atoms with Gasteiger partial charge in [0.1, 0.15) is 5.82 Å². The highest BCUT2D eigenvalue weighted by Crippen LogP contribution is 2.18. The largest absolute Gasteiger partial charge is 0.384 e. The van der Waals surface area contributed by atoms with E-state index in [4.69, 9.17) is 9.73 Å². The molecule has 2 fully saturated rings. The number of nitrogens with zero attached hydrogens (tertiary/aromatic N) is 4. The molecule has 0 radical (unpaired) electrons.